The van der Waals surface area contributed by atoms with E-state index >= 15 is 0 Å². The number of hydrogen-bond donors (Lipinski definition) is 0. The smallest absolute Gasteiger partial charge is 0.409 e. The quantitative estimate of drug-likeness (QED) is 0.761. The van der Waals surface area contributed by atoms with Crippen molar-refractivity contribution < 1.29 is 23.8 Å². The Kier molecular flexibility index (Phi) is 4.55. The number of para-hydroxylation sites is 2. The summed E-state index contributed by atoms with van der Waals surface area (Å²) in [5.41, 5.74) is 0.955. The predicted octanol–water partition coefficient (Wildman–Crippen LogP) is 1.27. The highest BCUT2D eigenvalue weighted by Crippen LogP contribution is 2.33. The highest BCUT2D eigenvalue weighted by atomic mass is 16.6. The van der Waals surface area contributed by atoms with Gasteiger partial charge < -0.3 is 24.0 Å². The van der Waals surface area contributed by atoms with Crippen LogP contribution in [0.15, 0.2) is 24.3 Å². The molecular weight excluding hydrogens is 300 g/mol. The molecule has 0 saturated carbocycles. The molecule has 1 fully saturated rings. The Morgan fingerprint density at radius 2 is 2.09 bits per heavy atom. The molecule has 1 atom stereocenters. The van der Waals surface area contributed by atoms with Gasteiger partial charge in [0.15, 0.2) is 0 Å². The van der Waals surface area contributed by atoms with Gasteiger partial charge in [0.25, 0.3) is 0 Å². The van der Waals surface area contributed by atoms with E-state index < -0.39 is 6.10 Å². The van der Waals surface area contributed by atoms with Crippen molar-refractivity contribution in [1.29, 1.82) is 0 Å². The second-order valence-electron chi connectivity index (χ2n) is 5.50. The molecule has 1 saturated heterocycles. The van der Waals surface area contributed by atoms with Crippen molar-refractivity contribution in [3.8, 4) is 5.75 Å². The topological polar surface area (TPSA) is 68.3 Å². The van der Waals surface area contributed by atoms with E-state index in [1.807, 2.05) is 24.3 Å². The molecule has 7 nitrogen and oxygen atoms in total. The maximum Gasteiger partial charge on any atom is 0.409 e. The number of cyclic esters (lactones) is 1. The first kappa shape index (κ1) is 15.5. The van der Waals surface area contributed by atoms with E-state index in [1.54, 1.807) is 4.90 Å². The Hall–Kier alpha value is -2.44. The summed E-state index contributed by atoms with van der Waals surface area (Å²) in [7, 11) is 1.36. The van der Waals surface area contributed by atoms with Crippen LogP contribution in [0.5, 0.6) is 5.75 Å². The second kappa shape index (κ2) is 6.76. The monoisotopic (exact) mass is 320 g/mol. The lowest BCUT2D eigenvalue weighted by atomic mass is 10.1. The summed E-state index contributed by atoms with van der Waals surface area (Å²) >= 11 is 0. The number of ether oxygens (including phenoxy) is 3. The maximum atomic E-state index is 11.8. The van der Waals surface area contributed by atoms with Crippen LogP contribution in [0.3, 0.4) is 0 Å². The summed E-state index contributed by atoms with van der Waals surface area (Å²) in [5.74, 6) is 0.294. The molecule has 0 radical (unpaired) electrons. The number of amides is 1. The van der Waals surface area contributed by atoms with E-state index in [1.165, 1.54) is 7.11 Å². The molecule has 7 heteroatoms. The number of rotatable bonds is 5. The zero-order chi connectivity index (χ0) is 16.2. The zero-order valence-corrected chi connectivity index (χ0v) is 13.1. The van der Waals surface area contributed by atoms with Crippen molar-refractivity contribution in [2.75, 3.05) is 44.8 Å². The Morgan fingerprint density at radius 3 is 2.83 bits per heavy atom. The average molecular weight is 320 g/mol. The fraction of sp³-hybridized carbons (Fsp3) is 0.500. The first-order valence-corrected chi connectivity index (χ1v) is 7.69. The van der Waals surface area contributed by atoms with Crippen molar-refractivity contribution in [3.63, 3.8) is 0 Å². The molecule has 1 amide bonds. The number of esters is 1. The number of hydrogen-bond acceptors (Lipinski definition) is 6. The van der Waals surface area contributed by atoms with Crippen LogP contribution in [-0.2, 0) is 14.3 Å². The molecule has 0 bridgehead atoms. The summed E-state index contributed by atoms with van der Waals surface area (Å²) in [4.78, 5) is 27.0. The third-order valence-corrected chi connectivity index (χ3v) is 4.03. The van der Waals surface area contributed by atoms with E-state index in [0.29, 0.717) is 32.0 Å². The fourth-order valence-electron chi connectivity index (χ4n) is 2.85. The van der Waals surface area contributed by atoms with Gasteiger partial charge in [-0.25, -0.2) is 9.59 Å². The van der Waals surface area contributed by atoms with Crippen LogP contribution in [0.2, 0.25) is 0 Å². The Morgan fingerprint density at radius 1 is 1.30 bits per heavy atom. The van der Waals surface area contributed by atoms with Crippen LogP contribution < -0.4 is 9.64 Å². The van der Waals surface area contributed by atoms with Gasteiger partial charge >= 0.3 is 12.1 Å². The van der Waals surface area contributed by atoms with E-state index in [0.717, 1.165) is 18.7 Å². The average Bonchev–Trinajstić information content (AvgIpc) is 2.99. The zero-order valence-electron chi connectivity index (χ0n) is 13.1. The molecule has 0 spiro atoms. The lowest BCUT2D eigenvalue weighted by Crippen LogP contribution is -2.45. The van der Waals surface area contributed by atoms with Gasteiger partial charge in [-0.2, -0.15) is 0 Å². The number of fused-ring (bicyclic) bond motifs is 1. The van der Waals surface area contributed by atoms with Crippen LogP contribution in [0.4, 0.5) is 10.5 Å². The highest BCUT2D eigenvalue weighted by Gasteiger charge is 2.31. The van der Waals surface area contributed by atoms with Crippen LogP contribution in [0, 0.1) is 0 Å². The lowest BCUT2D eigenvalue weighted by molar-refractivity contribution is -0.148. The normalized spacial score (nSPS) is 19.9. The van der Waals surface area contributed by atoms with Crippen LogP contribution >= 0.6 is 0 Å². The second-order valence-corrected chi connectivity index (χ2v) is 5.50. The molecule has 2 aliphatic heterocycles. The molecule has 124 valence electrons. The molecule has 1 aromatic carbocycles. The summed E-state index contributed by atoms with van der Waals surface area (Å²) in [6.45, 7) is 2.90. The number of anilines is 1. The minimum Gasteiger partial charge on any atom is -0.475 e. The molecule has 0 N–H and O–H groups in total. The van der Waals surface area contributed by atoms with Gasteiger partial charge in [0.2, 0.25) is 6.10 Å². The summed E-state index contributed by atoms with van der Waals surface area (Å²) in [6.07, 6.45) is -0.0939. The minimum absolute atomic E-state index is 0.250. The molecule has 0 aromatic heterocycles. The maximum absolute atomic E-state index is 11.8. The van der Waals surface area contributed by atoms with E-state index in [-0.39, 0.29) is 12.1 Å². The largest absolute Gasteiger partial charge is 0.475 e. The summed E-state index contributed by atoms with van der Waals surface area (Å²) in [6, 6.07) is 7.62. The van der Waals surface area contributed by atoms with E-state index in [4.69, 9.17) is 14.2 Å². The Labute approximate surface area is 134 Å². The Balaban J connectivity index is 1.64. The summed E-state index contributed by atoms with van der Waals surface area (Å²) in [5, 5.41) is 0. The number of carbonyl (C=O) groups excluding carboxylic acids is 2. The van der Waals surface area contributed by atoms with Crippen molar-refractivity contribution in [1.82, 2.24) is 4.90 Å². The fourth-order valence-corrected chi connectivity index (χ4v) is 2.85. The molecule has 3 rings (SSSR count). The molecule has 0 unspecified atom stereocenters. The standard InChI is InChI=1S/C16H20N2O5/c1-21-15(19)14-11-18(12-5-2-3-6-13(12)23-14)8-4-7-17-9-10-22-16(17)20/h2-3,5-6,14H,4,7-11H2,1H3/t14-/m0/s1. The van der Waals surface area contributed by atoms with Crippen LogP contribution in [0.1, 0.15) is 6.42 Å². The third kappa shape index (κ3) is 3.33. The van der Waals surface area contributed by atoms with E-state index in [9.17, 15) is 9.59 Å². The van der Waals surface area contributed by atoms with Gasteiger partial charge in [-0.1, -0.05) is 12.1 Å². The number of methoxy groups -OCH3 is 1. The van der Waals surface area contributed by atoms with Crippen molar-refractivity contribution in [3.05, 3.63) is 24.3 Å². The van der Waals surface area contributed by atoms with Gasteiger partial charge in [0.05, 0.1) is 25.9 Å². The lowest BCUT2D eigenvalue weighted by Gasteiger charge is -2.35. The Bertz CT molecular complexity index is 592. The number of nitrogens with zero attached hydrogens (tertiary/aromatic N) is 2. The van der Waals surface area contributed by atoms with Gasteiger partial charge in [-0.05, 0) is 18.6 Å². The van der Waals surface area contributed by atoms with E-state index in [2.05, 4.69) is 4.90 Å². The first-order chi connectivity index (χ1) is 11.2. The molecule has 2 heterocycles. The predicted molar refractivity (Wildman–Crippen MR) is 82.6 cm³/mol. The SMILES string of the molecule is COC(=O)[C@@H]1CN(CCCN2CCOC2=O)c2ccccc2O1. The first-order valence-electron chi connectivity index (χ1n) is 7.69. The van der Waals surface area contributed by atoms with Gasteiger partial charge in [0.1, 0.15) is 12.4 Å². The van der Waals surface area contributed by atoms with Gasteiger partial charge in [-0.3, -0.25) is 0 Å². The highest BCUT2D eigenvalue weighted by molar-refractivity contribution is 5.78. The molecular formula is C16H20N2O5. The van der Waals surface area contributed by atoms with Gasteiger partial charge in [0, 0.05) is 13.1 Å². The molecule has 2 aliphatic rings. The summed E-state index contributed by atoms with van der Waals surface area (Å²) < 4.78 is 15.4. The van der Waals surface area contributed by atoms with Gasteiger partial charge in [-0.15, -0.1) is 0 Å². The molecule has 1 aromatic rings. The van der Waals surface area contributed by atoms with Crippen molar-refractivity contribution in [2.24, 2.45) is 0 Å². The minimum atomic E-state index is -0.633. The molecule has 23 heavy (non-hydrogen) atoms. The number of benzene rings is 1. The van der Waals surface area contributed by atoms with Crippen LogP contribution in [0.25, 0.3) is 0 Å². The van der Waals surface area contributed by atoms with Crippen molar-refractivity contribution >= 4 is 17.7 Å². The molecule has 0 aliphatic carbocycles. The third-order valence-electron chi connectivity index (χ3n) is 4.03. The number of carbonyl (C=O) groups is 2. The van der Waals surface area contributed by atoms with Crippen LogP contribution in [-0.4, -0.2) is 63.0 Å². The van der Waals surface area contributed by atoms with Crippen molar-refractivity contribution in [2.45, 2.75) is 12.5 Å².